The molecule has 1 heterocycles. The zero-order chi connectivity index (χ0) is 11.7. The van der Waals surface area contributed by atoms with Crippen molar-refractivity contribution in [2.75, 3.05) is 11.4 Å². The number of para-hydroxylation sites is 1. The third kappa shape index (κ3) is 1.96. The van der Waals surface area contributed by atoms with Crippen LogP contribution in [0.25, 0.3) is 0 Å². The fourth-order valence-corrected chi connectivity index (χ4v) is 3.15. The van der Waals surface area contributed by atoms with Crippen LogP contribution in [0.5, 0.6) is 0 Å². The minimum atomic E-state index is 0.503. The topological polar surface area (TPSA) is 3.24 Å². The molecule has 2 heteroatoms. The van der Waals surface area contributed by atoms with E-state index in [0.29, 0.717) is 11.7 Å². The quantitative estimate of drug-likeness (QED) is 0.727. The van der Waals surface area contributed by atoms with Crippen LogP contribution >= 0.6 is 9.24 Å². The maximum absolute atomic E-state index is 2.97. The number of nitrogens with zero attached hydrogens (tertiary/aromatic N) is 1. The van der Waals surface area contributed by atoms with Crippen molar-refractivity contribution in [3.8, 4) is 0 Å². The second kappa shape index (κ2) is 4.50. The van der Waals surface area contributed by atoms with E-state index in [1.165, 1.54) is 11.3 Å². The lowest BCUT2D eigenvalue weighted by Crippen LogP contribution is -2.50. The van der Waals surface area contributed by atoms with Crippen molar-refractivity contribution in [2.45, 2.75) is 11.7 Å². The Kier molecular flexibility index (Phi) is 2.86. The first-order valence-corrected chi connectivity index (χ1v) is 6.65. The van der Waals surface area contributed by atoms with Gasteiger partial charge in [-0.1, -0.05) is 48.5 Å². The van der Waals surface area contributed by atoms with Crippen molar-refractivity contribution in [2.24, 2.45) is 0 Å². The van der Waals surface area contributed by atoms with E-state index in [0.717, 1.165) is 6.54 Å². The molecule has 1 aliphatic rings. The van der Waals surface area contributed by atoms with Crippen LogP contribution in [0.1, 0.15) is 11.6 Å². The molecule has 1 aliphatic heterocycles. The first-order valence-electron chi connectivity index (χ1n) is 5.98. The molecule has 0 aromatic heterocycles. The highest BCUT2D eigenvalue weighted by atomic mass is 31.0. The Bertz CT molecular complexity index is 483. The van der Waals surface area contributed by atoms with E-state index in [2.05, 4.69) is 74.8 Å². The van der Waals surface area contributed by atoms with Gasteiger partial charge in [-0.2, -0.15) is 0 Å². The van der Waals surface area contributed by atoms with Gasteiger partial charge in [0.15, 0.2) is 0 Å². The predicted molar refractivity (Wildman–Crippen MR) is 76.5 cm³/mol. The van der Waals surface area contributed by atoms with Gasteiger partial charge in [0, 0.05) is 17.9 Å². The first kappa shape index (κ1) is 10.8. The summed E-state index contributed by atoms with van der Waals surface area (Å²) in [6, 6.07) is 21.9. The molecule has 1 fully saturated rings. The van der Waals surface area contributed by atoms with Crippen molar-refractivity contribution >= 4 is 14.9 Å². The van der Waals surface area contributed by atoms with Crippen LogP contribution < -0.4 is 4.90 Å². The van der Waals surface area contributed by atoms with Gasteiger partial charge in [0.1, 0.15) is 0 Å². The predicted octanol–water partition coefficient (Wildman–Crippen LogP) is 3.49. The Morgan fingerprint density at radius 3 is 2.06 bits per heavy atom. The minimum Gasteiger partial charge on any atom is -0.363 e. The van der Waals surface area contributed by atoms with Crippen LogP contribution in [0.4, 0.5) is 5.69 Å². The molecular formula is C15H16NP. The zero-order valence-corrected chi connectivity index (χ0v) is 10.8. The Hall–Kier alpha value is -1.33. The van der Waals surface area contributed by atoms with Gasteiger partial charge in [0.2, 0.25) is 0 Å². The Morgan fingerprint density at radius 1 is 0.882 bits per heavy atom. The SMILES string of the molecule is PC1CN(c2ccccc2)C1c1ccccc1. The minimum absolute atomic E-state index is 0.503. The summed E-state index contributed by atoms with van der Waals surface area (Å²) in [7, 11) is 2.97. The normalized spacial score (nSPS) is 23.2. The molecule has 0 amide bonds. The van der Waals surface area contributed by atoms with E-state index in [9.17, 15) is 0 Å². The van der Waals surface area contributed by atoms with E-state index in [1.807, 2.05) is 0 Å². The highest BCUT2D eigenvalue weighted by molar-refractivity contribution is 7.18. The van der Waals surface area contributed by atoms with Crippen molar-refractivity contribution in [1.82, 2.24) is 0 Å². The molecule has 1 saturated heterocycles. The first-order chi connectivity index (χ1) is 8.36. The molecule has 2 aromatic carbocycles. The maximum Gasteiger partial charge on any atom is 0.0622 e. The van der Waals surface area contributed by atoms with E-state index in [-0.39, 0.29) is 0 Å². The van der Waals surface area contributed by atoms with Gasteiger partial charge in [-0.3, -0.25) is 0 Å². The van der Waals surface area contributed by atoms with Crippen LogP contribution in [0, 0.1) is 0 Å². The van der Waals surface area contributed by atoms with Gasteiger partial charge in [0.05, 0.1) is 6.04 Å². The molecule has 3 unspecified atom stereocenters. The molecule has 0 N–H and O–H groups in total. The molecule has 2 aromatic rings. The highest BCUT2D eigenvalue weighted by Gasteiger charge is 2.36. The lowest BCUT2D eigenvalue weighted by Gasteiger charge is -2.48. The van der Waals surface area contributed by atoms with Crippen LogP contribution in [0.2, 0.25) is 0 Å². The zero-order valence-electron chi connectivity index (χ0n) is 9.66. The maximum atomic E-state index is 2.97. The average Bonchev–Trinajstić information content (AvgIpc) is 2.38. The molecule has 86 valence electrons. The number of benzene rings is 2. The van der Waals surface area contributed by atoms with Crippen LogP contribution in [-0.2, 0) is 0 Å². The van der Waals surface area contributed by atoms with Crippen molar-refractivity contribution < 1.29 is 0 Å². The van der Waals surface area contributed by atoms with E-state index in [1.54, 1.807) is 0 Å². The van der Waals surface area contributed by atoms with Gasteiger partial charge in [-0.05, 0) is 17.7 Å². The molecule has 1 nitrogen and oxygen atoms in total. The Balaban J connectivity index is 1.89. The number of rotatable bonds is 2. The second-order valence-corrected chi connectivity index (χ2v) is 5.36. The van der Waals surface area contributed by atoms with E-state index >= 15 is 0 Å². The number of anilines is 1. The van der Waals surface area contributed by atoms with Gasteiger partial charge in [-0.25, -0.2) is 0 Å². The van der Waals surface area contributed by atoms with Crippen molar-refractivity contribution in [3.05, 3.63) is 66.2 Å². The van der Waals surface area contributed by atoms with Gasteiger partial charge < -0.3 is 4.90 Å². The average molecular weight is 241 g/mol. The summed E-state index contributed by atoms with van der Waals surface area (Å²) in [4.78, 5) is 2.47. The molecule has 3 atom stereocenters. The van der Waals surface area contributed by atoms with Crippen LogP contribution in [0.3, 0.4) is 0 Å². The van der Waals surface area contributed by atoms with Gasteiger partial charge in [-0.15, -0.1) is 9.24 Å². The summed E-state index contributed by atoms with van der Waals surface area (Å²) < 4.78 is 0. The van der Waals surface area contributed by atoms with Crippen molar-refractivity contribution in [1.29, 1.82) is 0 Å². The van der Waals surface area contributed by atoms with Crippen LogP contribution in [-0.4, -0.2) is 12.2 Å². The highest BCUT2D eigenvalue weighted by Crippen LogP contribution is 2.41. The molecule has 17 heavy (non-hydrogen) atoms. The standard InChI is InChI=1S/C15H16NP/c17-14-11-16(13-9-5-2-6-10-13)15(14)12-7-3-1-4-8-12/h1-10,14-15H,11,17H2. The molecule has 3 rings (SSSR count). The van der Waals surface area contributed by atoms with E-state index in [4.69, 9.17) is 0 Å². The molecule has 0 radical (unpaired) electrons. The summed E-state index contributed by atoms with van der Waals surface area (Å²) in [5.41, 5.74) is 3.38. The molecular weight excluding hydrogens is 225 g/mol. The Morgan fingerprint density at radius 2 is 1.47 bits per heavy atom. The summed E-state index contributed by atoms with van der Waals surface area (Å²) >= 11 is 0. The second-order valence-electron chi connectivity index (χ2n) is 4.51. The number of hydrogen-bond donors (Lipinski definition) is 0. The summed E-state index contributed by atoms with van der Waals surface area (Å²) in [6.07, 6.45) is 0. The Labute approximate surface area is 105 Å². The fourth-order valence-electron chi connectivity index (χ4n) is 2.50. The lowest BCUT2D eigenvalue weighted by atomic mass is 9.93. The van der Waals surface area contributed by atoms with Gasteiger partial charge in [0.25, 0.3) is 0 Å². The molecule has 0 aliphatic carbocycles. The summed E-state index contributed by atoms with van der Waals surface area (Å²) in [5.74, 6) is 0. The molecule has 0 saturated carbocycles. The van der Waals surface area contributed by atoms with E-state index < -0.39 is 0 Å². The third-order valence-corrected chi connectivity index (χ3v) is 3.95. The van der Waals surface area contributed by atoms with Gasteiger partial charge >= 0.3 is 0 Å². The lowest BCUT2D eigenvalue weighted by molar-refractivity contribution is 0.482. The molecule has 0 bridgehead atoms. The molecule has 0 spiro atoms. The van der Waals surface area contributed by atoms with Crippen LogP contribution in [0.15, 0.2) is 60.7 Å². The monoisotopic (exact) mass is 241 g/mol. The largest absolute Gasteiger partial charge is 0.363 e. The fraction of sp³-hybridized carbons (Fsp3) is 0.200. The number of hydrogen-bond acceptors (Lipinski definition) is 1. The summed E-state index contributed by atoms with van der Waals surface area (Å²) in [5, 5.41) is 0. The smallest absolute Gasteiger partial charge is 0.0622 e. The summed E-state index contributed by atoms with van der Waals surface area (Å²) in [6.45, 7) is 1.12. The van der Waals surface area contributed by atoms with Crippen molar-refractivity contribution in [3.63, 3.8) is 0 Å². The third-order valence-electron chi connectivity index (χ3n) is 3.38.